The van der Waals surface area contributed by atoms with Crippen molar-refractivity contribution in [3.05, 3.63) is 5.69 Å². The van der Waals surface area contributed by atoms with E-state index in [-0.39, 0.29) is 0 Å². The Morgan fingerprint density at radius 3 is 2.94 bits per heavy atom. The fourth-order valence-electron chi connectivity index (χ4n) is 2.18. The summed E-state index contributed by atoms with van der Waals surface area (Å²) in [6, 6.07) is 0.611. The predicted octanol–water partition coefficient (Wildman–Crippen LogP) is 1.97. The summed E-state index contributed by atoms with van der Waals surface area (Å²) in [4.78, 5) is 2.37. The summed E-state index contributed by atoms with van der Waals surface area (Å²) in [7, 11) is 2.17. The molecule has 1 aliphatic rings. The zero-order valence-corrected chi connectivity index (χ0v) is 12.0. The highest BCUT2D eigenvalue weighted by atomic mass is 32.1. The quantitative estimate of drug-likeness (QED) is 0.856. The van der Waals surface area contributed by atoms with E-state index >= 15 is 0 Å². The second kappa shape index (κ2) is 7.01. The van der Waals surface area contributed by atoms with E-state index in [0.29, 0.717) is 6.04 Å². The molecule has 0 amide bonds. The molecular weight excluding hydrogens is 248 g/mol. The van der Waals surface area contributed by atoms with Gasteiger partial charge in [-0.05, 0) is 26.3 Å². The first-order valence-corrected chi connectivity index (χ1v) is 7.41. The molecule has 1 fully saturated rings. The molecule has 0 saturated carbocycles. The zero-order valence-electron chi connectivity index (χ0n) is 11.2. The molecule has 2 rings (SSSR count). The standard InChI is InChI=1S/C12H22N4OS/c1-3-6-13-12-11(14-15-18-12)9-16(2)10-4-7-17-8-5-10/h10,13H,3-9H2,1-2H3. The van der Waals surface area contributed by atoms with E-state index < -0.39 is 0 Å². The summed E-state index contributed by atoms with van der Waals surface area (Å²) in [5.41, 5.74) is 1.07. The maximum Gasteiger partial charge on any atom is 0.134 e. The van der Waals surface area contributed by atoms with Gasteiger partial charge in [0.05, 0.1) is 0 Å². The van der Waals surface area contributed by atoms with Crippen LogP contribution in [0.4, 0.5) is 5.00 Å². The first-order valence-electron chi connectivity index (χ1n) is 6.64. The summed E-state index contributed by atoms with van der Waals surface area (Å²) >= 11 is 1.45. The fourth-order valence-corrected chi connectivity index (χ4v) is 2.77. The largest absolute Gasteiger partial charge is 0.381 e. The van der Waals surface area contributed by atoms with Gasteiger partial charge in [-0.3, -0.25) is 4.90 Å². The summed E-state index contributed by atoms with van der Waals surface area (Å²) in [6.07, 6.45) is 3.35. The van der Waals surface area contributed by atoms with Crippen LogP contribution < -0.4 is 5.32 Å². The highest BCUT2D eigenvalue weighted by Crippen LogP contribution is 2.21. The zero-order chi connectivity index (χ0) is 12.8. The Bertz CT molecular complexity index is 352. The lowest BCUT2D eigenvalue weighted by atomic mass is 10.1. The van der Waals surface area contributed by atoms with Crippen LogP contribution in [0.5, 0.6) is 0 Å². The molecule has 1 N–H and O–H groups in total. The van der Waals surface area contributed by atoms with Crippen molar-refractivity contribution in [2.75, 3.05) is 32.1 Å². The third kappa shape index (κ3) is 3.63. The monoisotopic (exact) mass is 270 g/mol. The number of aromatic nitrogens is 2. The second-order valence-electron chi connectivity index (χ2n) is 4.73. The van der Waals surface area contributed by atoms with Gasteiger partial charge < -0.3 is 10.1 Å². The third-order valence-electron chi connectivity index (χ3n) is 3.30. The lowest BCUT2D eigenvalue weighted by molar-refractivity contribution is 0.0404. The van der Waals surface area contributed by atoms with Crippen LogP contribution in [-0.2, 0) is 11.3 Å². The molecule has 5 nitrogen and oxygen atoms in total. The Hall–Kier alpha value is -0.720. The number of anilines is 1. The Morgan fingerprint density at radius 2 is 2.22 bits per heavy atom. The number of hydrogen-bond donors (Lipinski definition) is 1. The van der Waals surface area contributed by atoms with Gasteiger partial charge in [0.1, 0.15) is 10.7 Å². The van der Waals surface area contributed by atoms with Crippen molar-refractivity contribution in [2.45, 2.75) is 38.8 Å². The topological polar surface area (TPSA) is 50.3 Å². The second-order valence-corrected chi connectivity index (χ2v) is 5.49. The first-order chi connectivity index (χ1) is 8.81. The summed E-state index contributed by atoms with van der Waals surface area (Å²) < 4.78 is 9.45. The highest BCUT2D eigenvalue weighted by Gasteiger charge is 2.20. The van der Waals surface area contributed by atoms with Crippen LogP contribution in [0.25, 0.3) is 0 Å². The van der Waals surface area contributed by atoms with Crippen LogP contribution in [0.15, 0.2) is 0 Å². The van der Waals surface area contributed by atoms with Crippen molar-refractivity contribution in [3.63, 3.8) is 0 Å². The van der Waals surface area contributed by atoms with Gasteiger partial charge in [-0.2, -0.15) is 0 Å². The molecule has 18 heavy (non-hydrogen) atoms. The molecule has 2 heterocycles. The Balaban J connectivity index is 1.89. The van der Waals surface area contributed by atoms with E-state index in [1.54, 1.807) is 0 Å². The molecular formula is C12H22N4OS. The number of hydrogen-bond acceptors (Lipinski definition) is 6. The van der Waals surface area contributed by atoms with E-state index in [0.717, 1.165) is 56.3 Å². The Kier molecular flexibility index (Phi) is 5.34. The number of rotatable bonds is 6. The van der Waals surface area contributed by atoms with Gasteiger partial charge in [-0.15, -0.1) is 5.10 Å². The van der Waals surface area contributed by atoms with E-state index in [1.165, 1.54) is 11.5 Å². The SMILES string of the molecule is CCCNc1snnc1CN(C)C1CCOCC1. The highest BCUT2D eigenvalue weighted by molar-refractivity contribution is 7.10. The molecule has 0 atom stereocenters. The van der Waals surface area contributed by atoms with E-state index in [4.69, 9.17) is 4.74 Å². The summed E-state index contributed by atoms with van der Waals surface area (Å²) in [5.74, 6) is 0. The van der Waals surface area contributed by atoms with Crippen LogP contribution in [0, 0.1) is 0 Å². The molecule has 0 aromatic carbocycles. The van der Waals surface area contributed by atoms with Crippen LogP contribution in [0.3, 0.4) is 0 Å². The van der Waals surface area contributed by atoms with Crippen molar-refractivity contribution in [1.82, 2.24) is 14.5 Å². The van der Waals surface area contributed by atoms with Crippen molar-refractivity contribution in [3.8, 4) is 0 Å². The molecule has 6 heteroatoms. The van der Waals surface area contributed by atoms with Crippen molar-refractivity contribution < 1.29 is 4.74 Å². The predicted molar refractivity (Wildman–Crippen MR) is 74.0 cm³/mol. The normalized spacial score (nSPS) is 17.3. The molecule has 1 saturated heterocycles. The minimum absolute atomic E-state index is 0.611. The third-order valence-corrected chi connectivity index (χ3v) is 4.03. The van der Waals surface area contributed by atoms with Gasteiger partial charge in [0.25, 0.3) is 0 Å². The molecule has 0 bridgehead atoms. The van der Waals surface area contributed by atoms with E-state index in [1.807, 2.05) is 0 Å². The lowest BCUT2D eigenvalue weighted by Gasteiger charge is -2.30. The fraction of sp³-hybridized carbons (Fsp3) is 0.833. The molecule has 0 unspecified atom stereocenters. The van der Waals surface area contributed by atoms with Gasteiger partial charge in [-0.1, -0.05) is 11.4 Å². The van der Waals surface area contributed by atoms with Crippen LogP contribution >= 0.6 is 11.5 Å². The van der Waals surface area contributed by atoms with Crippen molar-refractivity contribution in [2.24, 2.45) is 0 Å². The van der Waals surface area contributed by atoms with Crippen LogP contribution in [-0.4, -0.2) is 47.3 Å². The Labute approximate surface area is 113 Å². The average Bonchev–Trinajstić information content (AvgIpc) is 2.84. The van der Waals surface area contributed by atoms with Gasteiger partial charge in [0.15, 0.2) is 0 Å². The number of nitrogens with one attached hydrogen (secondary N) is 1. The number of ether oxygens (including phenoxy) is 1. The first kappa shape index (κ1) is 13.7. The summed E-state index contributed by atoms with van der Waals surface area (Å²) in [5, 5.41) is 8.75. The maximum absolute atomic E-state index is 5.40. The molecule has 0 aliphatic carbocycles. The van der Waals surface area contributed by atoms with Gasteiger partial charge >= 0.3 is 0 Å². The maximum atomic E-state index is 5.40. The number of nitrogens with zero attached hydrogens (tertiary/aromatic N) is 3. The Morgan fingerprint density at radius 1 is 1.44 bits per heavy atom. The average molecular weight is 270 g/mol. The molecule has 102 valence electrons. The molecule has 1 aliphatic heterocycles. The van der Waals surface area contributed by atoms with Gasteiger partial charge in [-0.25, -0.2) is 0 Å². The molecule has 0 spiro atoms. The van der Waals surface area contributed by atoms with Crippen LogP contribution in [0.1, 0.15) is 31.9 Å². The van der Waals surface area contributed by atoms with E-state index in [9.17, 15) is 0 Å². The summed E-state index contributed by atoms with van der Waals surface area (Å²) in [6.45, 7) is 5.77. The van der Waals surface area contributed by atoms with Crippen molar-refractivity contribution >= 4 is 16.5 Å². The molecule has 1 aromatic heterocycles. The minimum Gasteiger partial charge on any atom is -0.381 e. The lowest BCUT2D eigenvalue weighted by Crippen LogP contribution is -2.36. The smallest absolute Gasteiger partial charge is 0.134 e. The van der Waals surface area contributed by atoms with Gasteiger partial charge in [0, 0.05) is 43.9 Å². The van der Waals surface area contributed by atoms with Crippen molar-refractivity contribution in [1.29, 1.82) is 0 Å². The molecule has 0 radical (unpaired) electrons. The van der Waals surface area contributed by atoms with Crippen LogP contribution in [0.2, 0.25) is 0 Å². The van der Waals surface area contributed by atoms with Gasteiger partial charge in [0.2, 0.25) is 0 Å². The minimum atomic E-state index is 0.611. The van der Waals surface area contributed by atoms with E-state index in [2.05, 4.69) is 33.8 Å². The molecule has 1 aromatic rings.